The van der Waals surface area contributed by atoms with E-state index in [-0.39, 0.29) is 5.91 Å². The minimum Gasteiger partial charge on any atom is -0.383 e. The fourth-order valence-corrected chi connectivity index (χ4v) is 2.87. The third-order valence-corrected chi connectivity index (χ3v) is 3.90. The number of amides is 1. The molecule has 0 spiro atoms. The molecular weight excluding hydrogens is 296 g/mol. The summed E-state index contributed by atoms with van der Waals surface area (Å²) in [7, 11) is 0. The Morgan fingerprint density at radius 3 is 2.65 bits per heavy atom. The number of rotatable bonds is 5. The van der Waals surface area contributed by atoms with Crippen LogP contribution in [-0.4, -0.2) is 26.6 Å². The van der Waals surface area contributed by atoms with Gasteiger partial charge in [0, 0.05) is 23.6 Å². The van der Waals surface area contributed by atoms with Crippen LogP contribution in [0, 0.1) is 6.92 Å². The minimum absolute atomic E-state index is 0.0938. The van der Waals surface area contributed by atoms with E-state index in [4.69, 9.17) is 11.5 Å². The number of carbonyl (C=O) groups is 1. The molecule has 2 rings (SSSR count). The molecule has 1 amide bonds. The molecule has 5 N–H and O–H groups in total. The van der Waals surface area contributed by atoms with Crippen molar-refractivity contribution in [2.24, 2.45) is 0 Å². The zero-order valence-electron chi connectivity index (χ0n) is 10.8. The van der Waals surface area contributed by atoms with Crippen molar-refractivity contribution in [3.63, 3.8) is 0 Å². The molecule has 2 aromatic heterocycles. The zero-order chi connectivity index (χ0) is 14.5. The van der Waals surface area contributed by atoms with Crippen molar-refractivity contribution in [2.45, 2.75) is 18.5 Å². The molecule has 0 saturated carbocycles. The number of thioether (sulfide) groups is 1. The Bertz CT molecular complexity index is 594. The lowest BCUT2D eigenvalue weighted by Gasteiger charge is -2.03. The van der Waals surface area contributed by atoms with Gasteiger partial charge < -0.3 is 16.8 Å². The second-order valence-corrected chi connectivity index (χ2v) is 5.86. The van der Waals surface area contributed by atoms with E-state index in [9.17, 15) is 4.79 Å². The molecule has 9 heteroatoms. The van der Waals surface area contributed by atoms with Crippen LogP contribution >= 0.6 is 23.1 Å². The first-order chi connectivity index (χ1) is 9.52. The molecule has 0 atom stereocenters. The Balaban J connectivity index is 1.79. The van der Waals surface area contributed by atoms with Gasteiger partial charge in [0.15, 0.2) is 10.3 Å². The molecule has 0 aliphatic rings. The van der Waals surface area contributed by atoms with Gasteiger partial charge in [-0.25, -0.2) is 15.0 Å². The first-order valence-electron chi connectivity index (χ1n) is 5.78. The van der Waals surface area contributed by atoms with Crippen LogP contribution in [0.5, 0.6) is 0 Å². The molecule has 0 aliphatic heterocycles. The molecule has 0 fully saturated rings. The maximum absolute atomic E-state index is 11.7. The van der Waals surface area contributed by atoms with Crippen LogP contribution in [0.25, 0.3) is 0 Å². The summed E-state index contributed by atoms with van der Waals surface area (Å²) in [6.45, 7) is 1.88. The average Bonchev–Trinajstić information content (AvgIpc) is 2.73. The zero-order valence-corrected chi connectivity index (χ0v) is 12.4. The summed E-state index contributed by atoms with van der Waals surface area (Å²) in [6, 6.07) is 1.49. The first kappa shape index (κ1) is 14.5. The van der Waals surface area contributed by atoms with Crippen molar-refractivity contribution in [3.8, 4) is 0 Å². The number of aryl methyl sites for hydroxylation is 1. The molecule has 0 bridgehead atoms. The van der Waals surface area contributed by atoms with Crippen molar-refractivity contribution in [1.29, 1.82) is 0 Å². The fourth-order valence-electron chi connectivity index (χ4n) is 1.35. The molecule has 0 unspecified atom stereocenters. The first-order valence-corrected chi connectivity index (χ1v) is 7.64. The van der Waals surface area contributed by atoms with E-state index in [1.807, 2.05) is 12.3 Å². The lowest BCUT2D eigenvalue weighted by molar-refractivity contribution is -0.115. The quantitative estimate of drug-likeness (QED) is 0.565. The summed E-state index contributed by atoms with van der Waals surface area (Å²) in [5.41, 5.74) is 12.0. The second kappa shape index (κ2) is 6.53. The molecule has 0 radical (unpaired) electrons. The highest BCUT2D eigenvalue weighted by Gasteiger charge is 2.07. The lowest BCUT2D eigenvalue weighted by Crippen LogP contribution is -2.12. The highest BCUT2D eigenvalue weighted by molar-refractivity contribution is 7.99. The van der Waals surface area contributed by atoms with Crippen molar-refractivity contribution < 1.29 is 4.79 Å². The van der Waals surface area contributed by atoms with Crippen LogP contribution in [0.2, 0.25) is 0 Å². The van der Waals surface area contributed by atoms with Crippen molar-refractivity contribution >= 4 is 45.8 Å². The summed E-state index contributed by atoms with van der Waals surface area (Å²) < 4.78 is 0. The molecule has 20 heavy (non-hydrogen) atoms. The number of nitrogen functional groups attached to an aromatic ring is 2. The van der Waals surface area contributed by atoms with Gasteiger partial charge in [-0.2, -0.15) is 0 Å². The van der Waals surface area contributed by atoms with E-state index >= 15 is 0 Å². The van der Waals surface area contributed by atoms with Crippen molar-refractivity contribution in [2.75, 3.05) is 22.5 Å². The highest BCUT2D eigenvalue weighted by atomic mass is 32.2. The van der Waals surface area contributed by atoms with Crippen LogP contribution in [-0.2, 0) is 4.79 Å². The Hall–Kier alpha value is -1.87. The van der Waals surface area contributed by atoms with Crippen LogP contribution in [0.1, 0.15) is 12.1 Å². The molecule has 2 aromatic rings. The topological polar surface area (TPSA) is 120 Å². The number of hydrogen-bond acceptors (Lipinski definition) is 8. The van der Waals surface area contributed by atoms with Crippen molar-refractivity contribution in [1.82, 2.24) is 15.0 Å². The molecular formula is C11H14N6OS2. The minimum atomic E-state index is -0.0938. The molecule has 7 nitrogen and oxygen atoms in total. The van der Waals surface area contributed by atoms with Gasteiger partial charge in [-0.3, -0.25) is 4.79 Å². The Labute approximate surface area is 124 Å². The van der Waals surface area contributed by atoms with Gasteiger partial charge in [0.25, 0.3) is 0 Å². The Morgan fingerprint density at radius 2 is 2.05 bits per heavy atom. The second-order valence-electron chi connectivity index (χ2n) is 3.94. The third-order valence-electron chi connectivity index (χ3n) is 2.17. The predicted octanol–water partition coefficient (Wildman–Crippen LogP) is 1.53. The fraction of sp³-hybridized carbons (Fsp3) is 0.273. The van der Waals surface area contributed by atoms with Crippen LogP contribution < -0.4 is 16.8 Å². The van der Waals surface area contributed by atoms with Crippen LogP contribution in [0.3, 0.4) is 0 Å². The van der Waals surface area contributed by atoms with Gasteiger partial charge in [-0.15, -0.1) is 11.3 Å². The lowest BCUT2D eigenvalue weighted by atomic mass is 10.4. The van der Waals surface area contributed by atoms with Crippen LogP contribution in [0.15, 0.2) is 16.6 Å². The molecule has 2 heterocycles. The number of aromatic nitrogens is 3. The average molecular weight is 310 g/mol. The Morgan fingerprint density at radius 1 is 1.35 bits per heavy atom. The number of anilines is 3. The van der Waals surface area contributed by atoms with Gasteiger partial charge in [0.1, 0.15) is 11.6 Å². The summed E-state index contributed by atoms with van der Waals surface area (Å²) in [5, 5.41) is 5.70. The Kier molecular flexibility index (Phi) is 4.74. The normalized spacial score (nSPS) is 10.4. The molecule has 0 aromatic carbocycles. The van der Waals surface area contributed by atoms with E-state index in [1.54, 1.807) is 0 Å². The van der Waals surface area contributed by atoms with E-state index in [0.29, 0.717) is 34.1 Å². The maximum atomic E-state index is 11.7. The van der Waals surface area contributed by atoms with Crippen molar-refractivity contribution in [3.05, 3.63) is 17.1 Å². The highest BCUT2D eigenvalue weighted by Crippen LogP contribution is 2.18. The van der Waals surface area contributed by atoms with Gasteiger partial charge in [-0.05, 0) is 6.92 Å². The van der Waals surface area contributed by atoms with E-state index < -0.39 is 0 Å². The standard InChI is InChI=1S/C11H14N6OS2/c1-6-5-20-10(14-6)17-9(18)2-3-19-11-15-7(12)4-8(13)16-11/h4-5H,2-3H2,1H3,(H,14,17,18)(H4,12,13,15,16). The summed E-state index contributed by atoms with van der Waals surface area (Å²) in [5.74, 6) is 1.09. The van der Waals surface area contributed by atoms with Gasteiger partial charge in [0.05, 0.1) is 5.69 Å². The largest absolute Gasteiger partial charge is 0.383 e. The maximum Gasteiger partial charge on any atom is 0.226 e. The molecule has 0 aliphatic carbocycles. The summed E-state index contributed by atoms with van der Waals surface area (Å²) >= 11 is 2.74. The van der Waals surface area contributed by atoms with Gasteiger partial charge in [0.2, 0.25) is 5.91 Å². The number of nitrogens with zero attached hydrogens (tertiary/aromatic N) is 3. The van der Waals surface area contributed by atoms with Crippen LogP contribution in [0.4, 0.5) is 16.8 Å². The van der Waals surface area contributed by atoms with Gasteiger partial charge in [-0.1, -0.05) is 11.8 Å². The third kappa shape index (κ3) is 4.35. The molecule has 106 valence electrons. The van der Waals surface area contributed by atoms with E-state index in [2.05, 4.69) is 20.3 Å². The van der Waals surface area contributed by atoms with Gasteiger partial charge >= 0.3 is 0 Å². The SMILES string of the molecule is Cc1csc(NC(=O)CCSc2nc(N)cc(N)n2)n1. The number of nitrogens with one attached hydrogen (secondary N) is 1. The number of thiazole rings is 1. The van der Waals surface area contributed by atoms with E-state index in [0.717, 1.165) is 5.69 Å². The smallest absolute Gasteiger partial charge is 0.226 e. The number of nitrogens with two attached hydrogens (primary N) is 2. The summed E-state index contributed by atoms with van der Waals surface area (Å²) in [4.78, 5) is 23.9. The predicted molar refractivity (Wildman–Crippen MR) is 81.7 cm³/mol. The summed E-state index contributed by atoms with van der Waals surface area (Å²) in [6.07, 6.45) is 0.335. The monoisotopic (exact) mass is 310 g/mol. The molecule has 0 saturated heterocycles. The van der Waals surface area contributed by atoms with E-state index in [1.165, 1.54) is 29.2 Å². The number of carbonyl (C=O) groups excluding carboxylic acids is 1. The number of hydrogen-bond donors (Lipinski definition) is 3.